The van der Waals surface area contributed by atoms with Crippen molar-refractivity contribution in [3.8, 4) is 0 Å². The molecule has 2 rings (SSSR count). The van der Waals surface area contributed by atoms with Crippen LogP contribution in [-0.4, -0.2) is 31.6 Å². The maximum atomic E-state index is 11.8. The minimum atomic E-state index is 0.0820. The molecule has 0 radical (unpaired) electrons. The monoisotopic (exact) mass is 323 g/mol. The molecule has 122 valence electrons. The van der Waals surface area contributed by atoms with Crippen LogP contribution in [0.5, 0.6) is 0 Å². The van der Waals surface area contributed by atoms with Gasteiger partial charge in [-0.3, -0.25) is 4.79 Å². The molecule has 0 spiro atoms. The second-order valence-corrected chi connectivity index (χ2v) is 6.79. The lowest BCUT2D eigenvalue weighted by Crippen LogP contribution is -2.32. The molecule has 1 saturated heterocycles. The molecule has 2 unspecified atom stereocenters. The van der Waals surface area contributed by atoms with Crippen LogP contribution in [0, 0.1) is 12.8 Å². The number of nitrogens with two attached hydrogens (primary N) is 1. The van der Waals surface area contributed by atoms with E-state index in [2.05, 4.69) is 23.2 Å². The zero-order valence-electron chi connectivity index (χ0n) is 13.4. The van der Waals surface area contributed by atoms with E-state index in [0.717, 1.165) is 37.5 Å². The van der Waals surface area contributed by atoms with Gasteiger partial charge in [0.2, 0.25) is 5.91 Å². The summed E-state index contributed by atoms with van der Waals surface area (Å²) in [4.78, 5) is 14.1. The molecule has 1 amide bonds. The largest absolute Gasteiger partial charge is 0.371 e. The van der Waals surface area contributed by atoms with E-state index in [-0.39, 0.29) is 11.9 Å². The van der Waals surface area contributed by atoms with E-state index in [9.17, 15) is 4.79 Å². The van der Waals surface area contributed by atoms with E-state index in [4.69, 9.17) is 17.3 Å². The highest BCUT2D eigenvalue weighted by Crippen LogP contribution is 2.29. The van der Waals surface area contributed by atoms with Crippen LogP contribution >= 0.6 is 11.6 Å². The highest BCUT2D eigenvalue weighted by molar-refractivity contribution is 6.30. The van der Waals surface area contributed by atoms with E-state index in [1.54, 1.807) is 0 Å². The van der Waals surface area contributed by atoms with E-state index < -0.39 is 0 Å². The first-order valence-electron chi connectivity index (χ1n) is 7.99. The van der Waals surface area contributed by atoms with Crippen molar-refractivity contribution in [2.45, 2.75) is 39.2 Å². The standard InChI is InChI=1S/C17H26ClN3O/c1-12-3-5-15(18)9-16(12)21-8-7-14(11-21)10-20-17(22)6-4-13(2)19/h3,5,9,13-14H,4,6-8,10-11,19H2,1-2H3,(H,20,22). The van der Waals surface area contributed by atoms with E-state index in [1.165, 1.54) is 11.3 Å². The van der Waals surface area contributed by atoms with Gasteiger partial charge >= 0.3 is 0 Å². The highest BCUT2D eigenvalue weighted by Gasteiger charge is 2.24. The normalized spacial score (nSPS) is 19.3. The Balaban J connectivity index is 1.80. The summed E-state index contributed by atoms with van der Waals surface area (Å²) in [6.45, 7) is 6.76. The molecule has 1 fully saturated rings. The van der Waals surface area contributed by atoms with Gasteiger partial charge in [0.25, 0.3) is 0 Å². The smallest absolute Gasteiger partial charge is 0.220 e. The summed E-state index contributed by atoms with van der Waals surface area (Å²) in [5.41, 5.74) is 8.12. The van der Waals surface area contributed by atoms with Crippen LogP contribution in [0.4, 0.5) is 5.69 Å². The Labute approximate surface area is 138 Å². The number of carbonyl (C=O) groups excluding carboxylic acids is 1. The summed E-state index contributed by atoms with van der Waals surface area (Å²) in [5, 5.41) is 3.80. The van der Waals surface area contributed by atoms with E-state index in [0.29, 0.717) is 12.3 Å². The summed E-state index contributed by atoms with van der Waals surface area (Å²) in [5.74, 6) is 0.604. The van der Waals surface area contributed by atoms with Gasteiger partial charge in [-0.05, 0) is 50.3 Å². The first kappa shape index (κ1) is 17.1. The Morgan fingerprint density at radius 3 is 3.05 bits per heavy atom. The SMILES string of the molecule is Cc1ccc(Cl)cc1N1CCC(CNC(=O)CCC(C)N)C1. The van der Waals surface area contributed by atoms with E-state index in [1.807, 2.05) is 19.1 Å². The Morgan fingerprint density at radius 2 is 2.32 bits per heavy atom. The Hall–Kier alpha value is -1.26. The maximum Gasteiger partial charge on any atom is 0.220 e. The lowest BCUT2D eigenvalue weighted by Gasteiger charge is -2.21. The molecule has 0 saturated carbocycles. The van der Waals surface area contributed by atoms with Gasteiger partial charge < -0.3 is 16.0 Å². The van der Waals surface area contributed by atoms with Gasteiger partial charge in [-0.2, -0.15) is 0 Å². The van der Waals surface area contributed by atoms with Gasteiger partial charge in [0.05, 0.1) is 0 Å². The number of aryl methyl sites for hydroxylation is 1. The maximum absolute atomic E-state index is 11.8. The van der Waals surface area contributed by atoms with Crippen molar-refractivity contribution in [3.63, 3.8) is 0 Å². The molecule has 1 aromatic carbocycles. The summed E-state index contributed by atoms with van der Waals surface area (Å²) in [6, 6.07) is 6.09. The number of hydrogen-bond donors (Lipinski definition) is 2. The molecule has 1 aromatic rings. The Bertz CT molecular complexity index is 519. The quantitative estimate of drug-likeness (QED) is 0.846. The Morgan fingerprint density at radius 1 is 1.55 bits per heavy atom. The van der Waals surface area contributed by atoms with Gasteiger partial charge in [-0.1, -0.05) is 17.7 Å². The van der Waals surface area contributed by atoms with Crippen molar-refractivity contribution in [1.29, 1.82) is 0 Å². The van der Waals surface area contributed by atoms with Gasteiger partial charge in [0, 0.05) is 42.8 Å². The van der Waals surface area contributed by atoms with Crippen molar-refractivity contribution < 1.29 is 4.79 Å². The predicted octanol–water partition coefficient (Wildman–Crippen LogP) is 2.72. The lowest BCUT2D eigenvalue weighted by molar-refractivity contribution is -0.121. The van der Waals surface area contributed by atoms with Crippen molar-refractivity contribution in [1.82, 2.24) is 5.32 Å². The molecule has 22 heavy (non-hydrogen) atoms. The van der Waals surface area contributed by atoms with Crippen molar-refractivity contribution in [2.24, 2.45) is 11.7 Å². The second-order valence-electron chi connectivity index (χ2n) is 6.35. The van der Waals surface area contributed by atoms with Gasteiger partial charge in [0.1, 0.15) is 0 Å². The highest BCUT2D eigenvalue weighted by atomic mass is 35.5. The summed E-state index contributed by atoms with van der Waals surface area (Å²) < 4.78 is 0. The molecule has 1 aliphatic heterocycles. The number of hydrogen-bond acceptors (Lipinski definition) is 3. The second kappa shape index (κ2) is 7.84. The average molecular weight is 324 g/mol. The van der Waals surface area contributed by atoms with Crippen LogP contribution in [0.15, 0.2) is 18.2 Å². The van der Waals surface area contributed by atoms with Crippen LogP contribution in [0.3, 0.4) is 0 Å². The molecule has 0 bridgehead atoms. The van der Waals surface area contributed by atoms with Crippen LogP contribution in [0.25, 0.3) is 0 Å². The fraction of sp³-hybridized carbons (Fsp3) is 0.588. The molecule has 0 aliphatic carbocycles. The number of nitrogens with one attached hydrogen (secondary N) is 1. The fourth-order valence-electron chi connectivity index (χ4n) is 2.85. The third-order valence-electron chi connectivity index (χ3n) is 4.21. The molecular formula is C17H26ClN3O. The first-order valence-corrected chi connectivity index (χ1v) is 8.37. The number of benzene rings is 1. The average Bonchev–Trinajstić information content (AvgIpc) is 2.94. The van der Waals surface area contributed by atoms with Crippen molar-refractivity contribution in [2.75, 3.05) is 24.5 Å². The van der Waals surface area contributed by atoms with Crippen LogP contribution in [0.2, 0.25) is 5.02 Å². The number of rotatable bonds is 6. The Kier molecular flexibility index (Phi) is 6.09. The van der Waals surface area contributed by atoms with Crippen molar-refractivity contribution in [3.05, 3.63) is 28.8 Å². The molecule has 0 aromatic heterocycles. The van der Waals surface area contributed by atoms with E-state index >= 15 is 0 Å². The van der Waals surface area contributed by atoms with Crippen LogP contribution in [-0.2, 0) is 4.79 Å². The summed E-state index contributed by atoms with van der Waals surface area (Å²) >= 11 is 6.10. The molecule has 2 atom stereocenters. The molecule has 1 aliphatic rings. The number of nitrogens with zero attached hydrogens (tertiary/aromatic N) is 1. The molecular weight excluding hydrogens is 298 g/mol. The number of amides is 1. The predicted molar refractivity (Wildman–Crippen MR) is 92.4 cm³/mol. The van der Waals surface area contributed by atoms with Gasteiger partial charge in [-0.25, -0.2) is 0 Å². The van der Waals surface area contributed by atoms with Gasteiger partial charge in [-0.15, -0.1) is 0 Å². The topological polar surface area (TPSA) is 58.4 Å². The summed E-state index contributed by atoms with van der Waals surface area (Å²) in [7, 11) is 0. The zero-order valence-corrected chi connectivity index (χ0v) is 14.2. The lowest BCUT2D eigenvalue weighted by atomic mass is 10.1. The number of halogens is 1. The molecule has 1 heterocycles. The molecule has 4 nitrogen and oxygen atoms in total. The third kappa shape index (κ3) is 4.89. The number of anilines is 1. The molecule has 5 heteroatoms. The zero-order chi connectivity index (χ0) is 16.1. The minimum absolute atomic E-state index is 0.0820. The molecule has 3 N–H and O–H groups in total. The van der Waals surface area contributed by atoms with Gasteiger partial charge in [0.15, 0.2) is 0 Å². The first-order chi connectivity index (χ1) is 10.5. The van der Waals surface area contributed by atoms with Crippen LogP contribution < -0.4 is 16.0 Å². The fourth-order valence-corrected chi connectivity index (χ4v) is 3.01. The minimum Gasteiger partial charge on any atom is -0.371 e. The number of carbonyl (C=O) groups is 1. The third-order valence-corrected chi connectivity index (χ3v) is 4.45. The van der Waals surface area contributed by atoms with Crippen LogP contribution in [0.1, 0.15) is 31.7 Å². The van der Waals surface area contributed by atoms with Crippen molar-refractivity contribution >= 4 is 23.2 Å². The summed E-state index contributed by atoms with van der Waals surface area (Å²) in [6.07, 6.45) is 2.35.